The van der Waals surface area contributed by atoms with E-state index in [2.05, 4.69) is 25.0 Å². The molecule has 8 heteroatoms. The van der Waals surface area contributed by atoms with Gasteiger partial charge in [0.25, 0.3) is 0 Å². The van der Waals surface area contributed by atoms with Crippen LogP contribution in [0.2, 0.25) is 0 Å². The van der Waals surface area contributed by atoms with Crippen LogP contribution in [-0.2, 0) is 20.1 Å². The number of hydrogen-bond donors (Lipinski definition) is 1. The number of imidazole rings is 1. The maximum atomic E-state index is 5.37. The van der Waals surface area contributed by atoms with Crippen LogP contribution < -0.4 is 0 Å². The summed E-state index contributed by atoms with van der Waals surface area (Å²) >= 11 is 5.37. The Bertz CT molecular complexity index is 746. The Balaban J connectivity index is 1.84. The molecule has 19 heavy (non-hydrogen) atoms. The maximum absolute atomic E-state index is 5.37. The molecule has 0 aliphatic rings. The van der Waals surface area contributed by atoms with Gasteiger partial charge in [0.1, 0.15) is 5.52 Å². The van der Waals surface area contributed by atoms with Gasteiger partial charge in [-0.3, -0.25) is 9.36 Å². The van der Waals surface area contributed by atoms with Crippen molar-refractivity contribution >= 4 is 23.4 Å². The highest BCUT2D eigenvalue weighted by atomic mass is 32.1. The highest BCUT2D eigenvalue weighted by molar-refractivity contribution is 7.71. The van der Waals surface area contributed by atoms with E-state index in [-0.39, 0.29) is 0 Å². The van der Waals surface area contributed by atoms with Crippen molar-refractivity contribution < 1.29 is 0 Å². The molecule has 3 rings (SSSR count). The molecule has 0 saturated heterocycles. The molecule has 7 nitrogen and oxygen atoms in total. The molecule has 3 heterocycles. The summed E-state index contributed by atoms with van der Waals surface area (Å²) in [6.45, 7) is 3.64. The Morgan fingerprint density at radius 2 is 2.21 bits per heavy atom. The zero-order valence-electron chi connectivity index (χ0n) is 10.9. The van der Waals surface area contributed by atoms with Crippen molar-refractivity contribution in [3.05, 3.63) is 22.9 Å². The first-order valence-corrected chi connectivity index (χ1v) is 6.54. The van der Waals surface area contributed by atoms with E-state index in [0.717, 1.165) is 41.1 Å². The van der Waals surface area contributed by atoms with Crippen LogP contribution in [0.4, 0.5) is 0 Å². The van der Waals surface area contributed by atoms with Crippen LogP contribution in [0.5, 0.6) is 0 Å². The van der Waals surface area contributed by atoms with Gasteiger partial charge in [-0.2, -0.15) is 5.10 Å². The third-order valence-electron chi connectivity index (χ3n) is 3.17. The monoisotopic (exact) mass is 277 g/mol. The van der Waals surface area contributed by atoms with Crippen molar-refractivity contribution in [3.63, 3.8) is 0 Å². The highest BCUT2D eigenvalue weighted by Crippen LogP contribution is 2.17. The van der Waals surface area contributed by atoms with Gasteiger partial charge in [0.2, 0.25) is 0 Å². The zero-order chi connectivity index (χ0) is 13.4. The minimum Gasteiger partial charge on any atom is -0.328 e. The summed E-state index contributed by atoms with van der Waals surface area (Å²) in [5, 5.41) is 12.1. The van der Waals surface area contributed by atoms with E-state index >= 15 is 0 Å². The third kappa shape index (κ3) is 2.07. The Morgan fingerprint density at radius 1 is 1.37 bits per heavy atom. The molecule has 0 bridgehead atoms. The topological polar surface area (TPSA) is 69.2 Å². The smallest absolute Gasteiger partial charge is 0.179 e. The molecule has 0 aromatic carbocycles. The number of nitrogens with zero attached hydrogens (tertiary/aromatic N) is 6. The fraction of sp³-hybridized carbons (Fsp3) is 0.455. The standard InChI is InChI=1S/C11H15N7S/c1-8-9-10(16(2)14-8)18(11(19)13-9)6-3-5-17-7-4-12-15-17/h4,7H,3,5-6H2,1-2H3,(H,13,19). The minimum atomic E-state index is 0.740. The highest BCUT2D eigenvalue weighted by Gasteiger charge is 2.12. The number of aryl methyl sites for hydroxylation is 4. The second kappa shape index (κ2) is 4.61. The average molecular weight is 277 g/mol. The summed E-state index contributed by atoms with van der Waals surface area (Å²) in [7, 11) is 1.94. The quantitative estimate of drug-likeness (QED) is 0.732. The lowest BCUT2D eigenvalue weighted by Crippen LogP contribution is -2.07. The Hall–Kier alpha value is -1.96. The molecule has 1 N–H and O–H groups in total. The van der Waals surface area contributed by atoms with Crippen molar-refractivity contribution in [2.45, 2.75) is 26.4 Å². The molecule has 0 spiro atoms. The van der Waals surface area contributed by atoms with Crippen molar-refractivity contribution in [2.24, 2.45) is 7.05 Å². The Labute approximate surface area is 114 Å². The predicted molar refractivity (Wildman–Crippen MR) is 73.3 cm³/mol. The fourth-order valence-corrected chi connectivity index (χ4v) is 2.60. The van der Waals surface area contributed by atoms with Gasteiger partial charge < -0.3 is 9.55 Å². The lowest BCUT2D eigenvalue weighted by atomic mass is 10.4. The lowest BCUT2D eigenvalue weighted by molar-refractivity contribution is 0.513. The van der Waals surface area contributed by atoms with Crippen molar-refractivity contribution in [1.29, 1.82) is 0 Å². The molecule has 0 radical (unpaired) electrons. The van der Waals surface area contributed by atoms with E-state index in [1.165, 1.54) is 0 Å². The van der Waals surface area contributed by atoms with Crippen molar-refractivity contribution in [3.8, 4) is 0 Å². The molecular weight excluding hydrogens is 262 g/mol. The molecule has 0 fully saturated rings. The zero-order valence-corrected chi connectivity index (χ0v) is 11.7. The molecule has 0 aliphatic heterocycles. The van der Waals surface area contributed by atoms with Gasteiger partial charge in [-0.05, 0) is 25.6 Å². The molecule has 0 aliphatic carbocycles. The Kier molecular flexibility index (Phi) is 2.94. The van der Waals surface area contributed by atoms with E-state index in [0.29, 0.717) is 0 Å². The van der Waals surface area contributed by atoms with E-state index in [4.69, 9.17) is 12.2 Å². The first-order valence-electron chi connectivity index (χ1n) is 6.13. The fourth-order valence-electron chi connectivity index (χ4n) is 2.32. The molecule has 3 aromatic rings. The van der Waals surface area contributed by atoms with Gasteiger partial charge in [0, 0.05) is 26.3 Å². The van der Waals surface area contributed by atoms with Gasteiger partial charge in [-0.1, -0.05) is 5.21 Å². The average Bonchev–Trinajstić information content (AvgIpc) is 3.03. The van der Waals surface area contributed by atoms with Crippen LogP contribution in [0, 0.1) is 11.7 Å². The van der Waals surface area contributed by atoms with E-state index in [1.54, 1.807) is 6.20 Å². The summed E-state index contributed by atoms with van der Waals surface area (Å²) < 4.78 is 6.51. The first kappa shape index (κ1) is 12.1. The largest absolute Gasteiger partial charge is 0.328 e. The first-order chi connectivity index (χ1) is 9.16. The van der Waals surface area contributed by atoms with E-state index < -0.39 is 0 Å². The second-order valence-corrected chi connectivity index (χ2v) is 4.90. The predicted octanol–water partition coefficient (Wildman–Crippen LogP) is 1.42. The van der Waals surface area contributed by atoms with Crippen LogP contribution >= 0.6 is 12.2 Å². The molecule has 0 amide bonds. The van der Waals surface area contributed by atoms with Crippen molar-refractivity contribution in [1.82, 2.24) is 34.3 Å². The number of fused-ring (bicyclic) bond motifs is 1. The van der Waals surface area contributed by atoms with Gasteiger partial charge in [-0.15, -0.1) is 5.10 Å². The van der Waals surface area contributed by atoms with Gasteiger partial charge >= 0.3 is 0 Å². The normalized spacial score (nSPS) is 11.5. The van der Waals surface area contributed by atoms with Crippen LogP contribution in [0.15, 0.2) is 12.4 Å². The minimum absolute atomic E-state index is 0.740. The number of nitrogens with one attached hydrogen (secondary N) is 1. The molecule has 0 unspecified atom stereocenters. The second-order valence-electron chi connectivity index (χ2n) is 4.51. The number of aromatic nitrogens is 7. The molecule has 0 saturated carbocycles. The van der Waals surface area contributed by atoms with Crippen LogP contribution in [0.25, 0.3) is 11.2 Å². The summed E-state index contributed by atoms with van der Waals surface area (Å²) in [6.07, 6.45) is 4.49. The third-order valence-corrected chi connectivity index (χ3v) is 3.49. The number of H-pyrrole nitrogens is 1. The summed E-state index contributed by atoms with van der Waals surface area (Å²) in [5.41, 5.74) is 3.04. The molecule has 100 valence electrons. The SMILES string of the molecule is Cc1nn(C)c2c1[nH]c(=S)n2CCCn1ccnn1. The summed E-state index contributed by atoms with van der Waals surface area (Å²) in [6, 6.07) is 0. The van der Waals surface area contributed by atoms with Crippen LogP contribution in [0.3, 0.4) is 0 Å². The van der Waals surface area contributed by atoms with Crippen LogP contribution in [0.1, 0.15) is 12.1 Å². The van der Waals surface area contributed by atoms with Crippen LogP contribution in [-0.4, -0.2) is 34.3 Å². The van der Waals surface area contributed by atoms with Crippen molar-refractivity contribution in [2.75, 3.05) is 0 Å². The number of aromatic amines is 1. The summed E-state index contributed by atoms with van der Waals surface area (Å²) in [4.78, 5) is 3.22. The van der Waals surface area contributed by atoms with Gasteiger partial charge in [0.15, 0.2) is 10.4 Å². The molecule has 3 aromatic heterocycles. The lowest BCUT2D eigenvalue weighted by Gasteiger charge is -2.04. The number of rotatable bonds is 4. The molecule has 0 atom stereocenters. The summed E-state index contributed by atoms with van der Waals surface area (Å²) in [5.74, 6) is 0. The van der Waals surface area contributed by atoms with Gasteiger partial charge in [-0.25, -0.2) is 0 Å². The number of hydrogen-bond acceptors (Lipinski definition) is 4. The maximum Gasteiger partial charge on any atom is 0.179 e. The van der Waals surface area contributed by atoms with Gasteiger partial charge in [0.05, 0.1) is 11.9 Å². The Morgan fingerprint density at radius 3 is 2.95 bits per heavy atom. The molecular formula is C11H15N7S. The van der Waals surface area contributed by atoms with E-state index in [1.807, 2.05) is 29.5 Å². The van der Waals surface area contributed by atoms with E-state index in [9.17, 15) is 0 Å².